The number of carbonyl (C=O) groups excluding carboxylic acids is 1. The number of benzene rings is 2. The maximum atomic E-state index is 12.7. The van der Waals surface area contributed by atoms with Crippen molar-refractivity contribution in [1.29, 1.82) is 0 Å². The quantitative estimate of drug-likeness (QED) is 0.703. The molecule has 1 heterocycles. The first-order chi connectivity index (χ1) is 14.5. The predicted molar refractivity (Wildman–Crippen MR) is 121 cm³/mol. The van der Waals surface area contributed by atoms with Crippen molar-refractivity contribution in [2.45, 2.75) is 12.8 Å². The Hall–Kier alpha value is -3.38. The standard InChI is InChI=1S/C24H20N2O3S/c1-26-22(27)21(30-24(26)25-20-11-3-2-4-12-20)14-16-7-5-8-17(13-16)18-9-6-10-19(15-18)23(28)29/h2-5,7-8,10-15H,6,9H2,1H3,(H,28,29)/b21-14-,25-24?. The van der Waals surface area contributed by atoms with Crippen molar-refractivity contribution in [1.82, 2.24) is 4.90 Å². The number of carbonyl (C=O) groups is 2. The Bertz CT molecular complexity index is 1130. The molecule has 0 spiro atoms. The van der Waals surface area contributed by atoms with Gasteiger partial charge in [0.2, 0.25) is 0 Å². The smallest absolute Gasteiger partial charge is 0.335 e. The molecule has 2 aromatic rings. The summed E-state index contributed by atoms with van der Waals surface area (Å²) in [4.78, 5) is 30.7. The van der Waals surface area contributed by atoms with E-state index < -0.39 is 5.97 Å². The number of carboxylic acid groups (broad SMARTS) is 1. The fourth-order valence-corrected chi connectivity index (χ4v) is 4.31. The highest BCUT2D eigenvalue weighted by molar-refractivity contribution is 8.18. The van der Waals surface area contributed by atoms with Gasteiger partial charge in [-0.2, -0.15) is 0 Å². The van der Waals surface area contributed by atoms with E-state index in [1.54, 1.807) is 24.1 Å². The molecule has 1 amide bonds. The zero-order valence-corrected chi connectivity index (χ0v) is 17.2. The number of aliphatic carboxylic acids is 1. The first-order valence-corrected chi connectivity index (χ1v) is 10.4. The third-order valence-electron chi connectivity index (χ3n) is 4.89. The molecular formula is C24H20N2O3S. The van der Waals surface area contributed by atoms with Crippen LogP contribution in [0.5, 0.6) is 0 Å². The van der Waals surface area contributed by atoms with Crippen LogP contribution in [0.1, 0.15) is 24.0 Å². The van der Waals surface area contributed by atoms with E-state index >= 15 is 0 Å². The lowest BCUT2D eigenvalue weighted by Gasteiger charge is -2.12. The normalized spacial score (nSPS) is 19.2. The fourth-order valence-electron chi connectivity index (χ4n) is 3.32. The summed E-state index contributed by atoms with van der Waals surface area (Å²) in [6.07, 6.45) is 6.83. The minimum absolute atomic E-state index is 0.0898. The maximum Gasteiger partial charge on any atom is 0.335 e. The van der Waals surface area contributed by atoms with Crippen LogP contribution in [-0.4, -0.2) is 34.1 Å². The molecule has 30 heavy (non-hydrogen) atoms. The van der Waals surface area contributed by atoms with Crippen molar-refractivity contribution < 1.29 is 14.7 Å². The van der Waals surface area contributed by atoms with E-state index in [0.717, 1.165) is 28.8 Å². The van der Waals surface area contributed by atoms with Crippen LogP contribution >= 0.6 is 11.8 Å². The van der Waals surface area contributed by atoms with Gasteiger partial charge in [-0.25, -0.2) is 9.79 Å². The molecule has 1 aliphatic heterocycles. The van der Waals surface area contributed by atoms with Crippen molar-refractivity contribution in [2.24, 2.45) is 4.99 Å². The first-order valence-electron chi connectivity index (χ1n) is 9.57. The van der Waals surface area contributed by atoms with Gasteiger partial charge in [-0.1, -0.05) is 42.5 Å². The molecule has 2 aliphatic rings. The Balaban J connectivity index is 1.61. The second-order valence-electron chi connectivity index (χ2n) is 7.00. The molecule has 1 aliphatic carbocycles. The molecule has 0 atom stereocenters. The van der Waals surface area contributed by atoms with Crippen LogP contribution in [0.15, 0.2) is 82.2 Å². The molecule has 0 unspecified atom stereocenters. The number of thioether (sulfide) groups is 1. The number of amides is 1. The number of allylic oxidation sites excluding steroid dienone is 2. The maximum absolute atomic E-state index is 12.7. The summed E-state index contributed by atoms with van der Waals surface area (Å²) in [7, 11) is 1.72. The highest BCUT2D eigenvalue weighted by Gasteiger charge is 2.30. The zero-order valence-electron chi connectivity index (χ0n) is 16.4. The van der Waals surface area contributed by atoms with Gasteiger partial charge in [0.15, 0.2) is 5.17 Å². The van der Waals surface area contributed by atoms with E-state index in [-0.39, 0.29) is 5.91 Å². The topological polar surface area (TPSA) is 70.0 Å². The number of hydrogen-bond acceptors (Lipinski definition) is 4. The van der Waals surface area contributed by atoms with Gasteiger partial charge in [-0.15, -0.1) is 0 Å². The van der Waals surface area contributed by atoms with Gasteiger partial charge in [-0.3, -0.25) is 9.69 Å². The molecule has 2 aromatic carbocycles. The molecular weight excluding hydrogens is 396 g/mol. The monoisotopic (exact) mass is 416 g/mol. The van der Waals surface area contributed by atoms with E-state index in [4.69, 9.17) is 0 Å². The summed E-state index contributed by atoms with van der Waals surface area (Å²) >= 11 is 1.35. The van der Waals surface area contributed by atoms with E-state index in [1.807, 2.05) is 60.7 Å². The molecule has 0 radical (unpaired) electrons. The first kappa shape index (κ1) is 19.9. The molecule has 0 bridgehead atoms. The van der Waals surface area contributed by atoms with Crippen LogP contribution in [0, 0.1) is 0 Å². The fraction of sp³-hybridized carbons (Fsp3) is 0.125. The van der Waals surface area contributed by atoms with Crippen molar-refractivity contribution in [3.63, 3.8) is 0 Å². The largest absolute Gasteiger partial charge is 0.478 e. The highest BCUT2D eigenvalue weighted by Crippen LogP contribution is 2.34. The van der Waals surface area contributed by atoms with E-state index in [0.29, 0.717) is 22.1 Å². The van der Waals surface area contributed by atoms with Crippen LogP contribution in [-0.2, 0) is 9.59 Å². The number of amidine groups is 1. The van der Waals surface area contributed by atoms with Crippen LogP contribution in [0.4, 0.5) is 5.69 Å². The summed E-state index contributed by atoms with van der Waals surface area (Å²) in [5.74, 6) is -1.00. The minimum Gasteiger partial charge on any atom is -0.478 e. The summed E-state index contributed by atoms with van der Waals surface area (Å²) in [5, 5.41) is 9.89. The van der Waals surface area contributed by atoms with Crippen LogP contribution in [0.2, 0.25) is 0 Å². The summed E-state index contributed by atoms with van der Waals surface area (Å²) in [5.41, 5.74) is 3.98. The van der Waals surface area contributed by atoms with Crippen LogP contribution in [0.25, 0.3) is 11.6 Å². The lowest BCUT2D eigenvalue weighted by atomic mass is 9.93. The second kappa shape index (κ2) is 8.55. The lowest BCUT2D eigenvalue weighted by molar-refractivity contribution is -0.132. The van der Waals surface area contributed by atoms with Gasteiger partial charge >= 0.3 is 5.97 Å². The van der Waals surface area contributed by atoms with Crippen molar-refractivity contribution in [3.05, 3.63) is 88.4 Å². The van der Waals surface area contributed by atoms with Crippen molar-refractivity contribution in [3.8, 4) is 0 Å². The second-order valence-corrected chi connectivity index (χ2v) is 8.01. The number of para-hydroxylation sites is 1. The number of carboxylic acids is 1. The van der Waals surface area contributed by atoms with Gasteiger partial charge in [-0.05, 0) is 71.7 Å². The SMILES string of the molecule is CN1C(=O)/C(=C/c2cccc(C3=CC(C(=O)O)=CCC3)c2)SC1=Nc1ccccc1. The Morgan fingerprint density at radius 2 is 1.97 bits per heavy atom. The van der Waals surface area contributed by atoms with E-state index in [2.05, 4.69) is 4.99 Å². The Morgan fingerprint density at radius 3 is 2.73 bits per heavy atom. The number of nitrogens with zero attached hydrogens (tertiary/aromatic N) is 2. The average Bonchev–Trinajstić information content (AvgIpc) is 3.02. The highest BCUT2D eigenvalue weighted by atomic mass is 32.2. The molecule has 1 fully saturated rings. The van der Waals surface area contributed by atoms with Gasteiger partial charge in [0.05, 0.1) is 16.2 Å². The van der Waals surface area contributed by atoms with Crippen LogP contribution < -0.4 is 0 Å². The summed E-state index contributed by atoms with van der Waals surface area (Å²) in [6.45, 7) is 0. The predicted octanol–water partition coefficient (Wildman–Crippen LogP) is 5.11. The lowest BCUT2D eigenvalue weighted by Crippen LogP contribution is -2.23. The molecule has 1 saturated heterocycles. The Kier molecular flexibility index (Phi) is 5.68. The van der Waals surface area contributed by atoms with E-state index in [1.165, 1.54) is 11.8 Å². The Morgan fingerprint density at radius 1 is 1.17 bits per heavy atom. The molecule has 1 N–H and O–H groups in total. The number of aliphatic imine (C=N–C) groups is 1. The molecule has 0 saturated carbocycles. The zero-order chi connectivity index (χ0) is 21.1. The number of likely N-dealkylation sites (N-methyl/N-ethyl adjacent to an activating group) is 1. The molecule has 4 rings (SSSR count). The van der Waals surface area contributed by atoms with Gasteiger partial charge in [0.1, 0.15) is 0 Å². The van der Waals surface area contributed by atoms with Crippen molar-refractivity contribution >= 4 is 46.1 Å². The summed E-state index contributed by atoms with van der Waals surface area (Å²) < 4.78 is 0. The molecule has 150 valence electrons. The number of hydrogen-bond donors (Lipinski definition) is 1. The van der Waals surface area contributed by atoms with Gasteiger partial charge in [0.25, 0.3) is 5.91 Å². The molecule has 0 aromatic heterocycles. The van der Waals surface area contributed by atoms with Gasteiger partial charge in [0, 0.05) is 7.05 Å². The average molecular weight is 417 g/mol. The summed E-state index contributed by atoms with van der Waals surface area (Å²) in [6, 6.07) is 17.4. The van der Waals surface area contributed by atoms with Crippen LogP contribution in [0.3, 0.4) is 0 Å². The number of rotatable bonds is 4. The molecule has 6 heteroatoms. The third kappa shape index (κ3) is 4.28. The minimum atomic E-state index is -0.910. The Labute approximate surface area is 179 Å². The van der Waals surface area contributed by atoms with E-state index in [9.17, 15) is 14.7 Å². The third-order valence-corrected chi connectivity index (χ3v) is 5.95. The van der Waals surface area contributed by atoms with Gasteiger partial charge < -0.3 is 5.11 Å². The molecule has 5 nitrogen and oxygen atoms in total. The van der Waals surface area contributed by atoms with Crippen molar-refractivity contribution in [2.75, 3.05) is 7.05 Å².